The molecule has 1 rings (SSSR count). The van der Waals surface area contributed by atoms with Crippen molar-refractivity contribution in [2.24, 2.45) is 0 Å². The fourth-order valence-corrected chi connectivity index (χ4v) is 2.14. The average molecular weight is 243 g/mol. The summed E-state index contributed by atoms with van der Waals surface area (Å²) in [6.45, 7) is 12.4. The second-order valence-electron chi connectivity index (χ2n) is 5.90. The summed E-state index contributed by atoms with van der Waals surface area (Å²) in [5.41, 5.74) is -0.389. The first-order chi connectivity index (χ1) is 7.90. The van der Waals surface area contributed by atoms with Crippen LogP contribution in [0.25, 0.3) is 0 Å². The van der Waals surface area contributed by atoms with Crippen molar-refractivity contribution in [1.82, 2.24) is 5.32 Å². The fourth-order valence-electron chi connectivity index (χ4n) is 2.14. The molecule has 0 aliphatic carbocycles. The quantitative estimate of drug-likeness (QED) is 0.772. The van der Waals surface area contributed by atoms with Crippen LogP contribution in [-0.2, 0) is 4.74 Å². The number of nitrogens with zero attached hydrogens (tertiary/aromatic N) is 1. The molecular formula is C13H27N2O2+. The minimum Gasteiger partial charge on any atom is -0.414 e. The molecule has 0 radical (unpaired) electrons. The van der Waals surface area contributed by atoms with Gasteiger partial charge in [-0.2, -0.15) is 4.79 Å². The van der Waals surface area contributed by atoms with Crippen molar-refractivity contribution in [2.45, 2.75) is 46.1 Å². The van der Waals surface area contributed by atoms with E-state index in [0.717, 1.165) is 45.6 Å². The minimum atomic E-state index is -0.389. The summed E-state index contributed by atoms with van der Waals surface area (Å²) in [5, 5.41) is 3.31. The van der Waals surface area contributed by atoms with E-state index in [1.165, 1.54) is 0 Å². The second kappa shape index (κ2) is 5.83. The van der Waals surface area contributed by atoms with E-state index < -0.39 is 0 Å². The van der Waals surface area contributed by atoms with Crippen molar-refractivity contribution in [3.05, 3.63) is 0 Å². The molecule has 1 amide bonds. The molecule has 0 saturated carbocycles. The van der Waals surface area contributed by atoms with Crippen LogP contribution in [-0.4, -0.2) is 48.9 Å². The summed E-state index contributed by atoms with van der Waals surface area (Å²) in [6.07, 6.45) is 2.16. The van der Waals surface area contributed by atoms with Crippen molar-refractivity contribution in [1.29, 1.82) is 0 Å². The molecule has 0 spiro atoms. The lowest BCUT2D eigenvalue weighted by Crippen LogP contribution is -2.63. The molecular weight excluding hydrogens is 216 g/mol. The van der Waals surface area contributed by atoms with Gasteiger partial charge in [0.25, 0.3) is 0 Å². The number of rotatable bonds is 3. The highest BCUT2D eigenvalue weighted by Gasteiger charge is 2.41. The molecule has 1 N–H and O–H groups in total. The lowest BCUT2D eigenvalue weighted by molar-refractivity contribution is -0.860. The van der Waals surface area contributed by atoms with E-state index in [9.17, 15) is 4.79 Å². The Morgan fingerprint density at radius 1 is 1.29 bits per heavy atom. The lowest BCUT2D eigenvalue weighted by Gasteiger charge is -2.39. The van der Waals surface area contributed by atoms with E-state index in [1.807, 2.05) is 20.8 Å². The van der Waals surface area contributed by atoms with E-state index in [1.54, 1.807) is 0 Å². The summed E-state index contributed by atoms with van der Waals surface area (Å²) in [4.78, 5) is 12.4. The minimum absolute atomic E-state index is 0.0487. The highest BCUT2D eigenvalue weighted by Crippen LogP contribution is 2.18. The lowest BCUT2D eigenvalue weighted by atomic mass is 10.2. The largest absolute Gasteiger partial charge is 0.516 e. The Morgan fingerprint density at radius 3 is 2.35 bits per heavy atom. The molecule has 0 aromatic rings. The van der Waals surface area contributed by atoms with Crippen LogP contribution >= 0.6 is 0 Å². The molecule has 4 heteroatoms. The molecule has 0 unspecified atom stereocenters. The third kappa shape index (κ3) is 4.28. The predicted octanol–water partition coefficient (Wildman–Crippen LogP) is 2.14. The average Bonchev–Trinajstić information content (AvgIpc) is 2.25. The van der Waals surface area contributed by atoms with Crippen molar-refractivity contribution in [3.63, 3.8) is 0 Å². The zero-order valence-electron chi connectivity index (χ0n) is 11.7. The van der Waals surface area contributed by atoms with Gasteiger partial charge in [-0.05, 0) is 27.2 Å². The van der Waals surface area contributed by atoms with Gasteiger partial charge in [0.15, 0.2) is 0 Å². The van der Waals surface area contributed by atoms with Gasteiger partial charge in [0.05, 0.1) is 6.54 Å². The first kappa shape index (κ1) is 14.5. The number of piperazine rings is 1. The number of carbonyl (C=O) groups is 1. The van der Waals surface area contributed by atoms with E-state index in [-0.39, 0.29) is 11.7 Å². The van der Waals surface area contributed by atoms with E-state index >= 15 is 0 Å². The summed E-state index contributed by atoms with van der Waals surface area (Å²) in [5.74, 6) is 0. The van der Waals surface area contributed by atoms with Gasteiger partial charge in [0.2, 0.25) is 0 Å². The third-order valence-corrected chi connectivity index (χ3v) is 3.15. The predicted molar refractivity (Wildman–Crippen MR) is 68.9 cm³/mol. The molecule has 0 bridgehead atoms. The SMILES string of the molecule is CCCC[N+]1(C(=O)OC(C)(C)C)CCNCC1. The maximum atomic E-state index is 12.4. The molecule has 0 atom stereocenters. The van der Waals surface area contributed by atoms with Crippen LogP contribution in [0.1, 0.15) is 40.5 Å². The highest BCUT2D eigenvalue weighted by molar-refractivity contribution is 5.60. The van der Waals surface area contributed by atoms with E-state index in [4.69, 9.17) is 4.74 Å². The Balaban J connectivity index is 2.70. The molecule has 1 saturated heterocycles. The van der Waals surface area contributed by atoms with Crippen LogP contribution in [0.3, 0.4) is 0 Å². The number of hydrogen-bond acceptors (Lipinski definition) is 3. The number of ether oxygens (including phenoxy) is 1. The van der Waals surface area contributed by atoms with Gasteiger partial charge in [0, 0.05) is 13.1 Å². The number of quaternary nitrogens is 1. The van der Waals surface area contributed by atoms with Crippen LogP contribution in [0.2, 0.25) is 0 Å². The van der Waals surface area contributed by atoms with Crippen molar-refractivity contribution in [2.75, 3.05) is 32.7 Å². The van der Waals surface area contributed by atoms with E-state index in [2.05, 4.69) is 12.2 Å². The smallest absolute Gasteiger partial charge is 0.414 e. The number of nitrogens with one attached hydrogen (secondary N) is 1. The number of hydrogen-bond donors (Lipinski definition) is 1. The molecule has 4 nitrogen and oxygen atoms in total. The molecule has 1 aliphatic heterocycles. The first-order valence-electron chi connectivity index (χ1n) is 6.70. The Labute approximate surface area is 105 Å². The maximum Gasteiger partial charge on any atom is 0.516 e. The van der Waals surface area contributed by atoms with Crippen LogP contribution in [0.5, 0.6) is 0 Å². The molecule has 0 aromatic heterocycles. The van der Waals surface area contributed by atoms with Gasteiger partial charge in [-0.25, -0.2) is 4.48 Å². The van der Waals surface area contributed by atoms with Crippen LogP contribution in [0, 0.1) is 0 Å². The molecule has 1 aliphatic rings. The Morgan fingerprint density at radius 2 is 1.88 bits per heavy atom. The second-order valence-corrected chi connectivity index (χ2v) is 5.90. The Hall–Kier alpha value is -0.610. The molecule has 1 heterocycles. The van der Waals surface area contributed by atoms with Crippen LogP contribution in [0.4, 0.5) is 4.79 Å². The number of unbranched alkanes of at least 4 members (excludes halogenated alkanes) is 1. The highest BCUT2D eigenvalue weighted by atomic mass is 16.6. The molecule has 0 aromatic carbocycles. The van der Waals surface area contributed by atoms with Gasteiger partial charge in [-0.15, -0.1) is 0 Å². The van der Waals surface area contributed by atoms with Crippen molar-refractivity contribution in [3.8, 4) is 0 Å². The molecule has 100 valence electrons. The number of carbonyl (C=O) groups excluding carboxylic acids is 1. The maximum absolute atomic E-state index is 12.4. The zero-order chi connectivity index (χ0) is 12.9. The van der Waals surface area contributed by atoms with Crippen molar-refractivity contribution < 1.29 is 14.0 Å². The van der Waals surface area contributed by atoms with Gasteiger partial charge in [0.1, 0.15) is 18.7 Å². The number of amides is 1. The third-order valence-electron chi connectivity index (χ3n) is 3.15. The standard InChI is InChI=1S/C13H27N2O2/c1-5-6-9-15(10-7-14-8-11-15)12(16)17-13(2,3)4/h14H,5-11H2,1-4H3/q+1. The summed E-state index contributed by atoms with van der Waals surface area (Å²) >= 11 is 0. The van der Waals surface area contributed by atoms with Gasteiger partial charge in [-0.3, -0.25) is 0 Å². The van der Waals surface area contributed by atoms with Crippen LogP contribution < -0.4 is 5.32 Å². The summed E-state index contributed by atoms with van der Waals surface area (Å²) < 4.78 is 6.08. The monoisotopic (exact) mass is 243 g/mol. The summed E-state index contributed by atoms with van der Waals surface area (Å²) in [7, 11) is 0. The summed E-state index contributed by atoms with van der Waals surface area (Å²) in [6, 6.07) is 0. The van der Waals surface area contributed by atoms with Gasteiger partial charge in [-0.1, -0.05) is 13.3 Å². The molecule has 17 heavy (non-hydrogen) atoms. The Kier molecular flexibility index (Phi) is 4.95. The fraction of sp³-hybridized carbons (Fsp3) is 0.923. The Bertz CT molecular complexity index is 253. The normalized spacial score (nSPS) is 20.0. The van der Waals surface area contributed by atoms with Gasteiger partial charge < -0.3 is 10.1 Å². The van der Waals surface area contributed by atoms with Crippen molar-refractivity contribution >= 4 is 6.09 Å². The van der Waals surface area contributed by atoms with Gasteiger partial charge >= 0.3 is 6.09 Å². The zero-order valence-corrected chi connectivity index (χ0v) is 11.7. The topological polar surface area (TPSA) is 38.3 Å². The van der Waals surface area contributed by atoms with E-state index in [0.29, 0.717) is 4.48 Å². The first-order valence-corrected chi connectivity index (χ1v) is 6.70. The van der Waals surface area contributed by atoms with Crippen LogP contribution in [0.15, 0.2) is 0 Å². The molecule has 1 fully saturated rings.